The second kappa shape index (κ2) is 17.2. The molecule has 3 fully saturated rings. The molecule has 2 N–H and O–H groups in total. The molecular weight excluding hydrogens is 594 g/mol. The Labute approximate surface area is 280 Å². The second-order valence-electron chi connectivity index (χ2n) is 14.3. The van der Waals surface area contributed by atoms with Gasteiger partial charge in [-0.05, 0) is 76.1 Å². The third kappa shape index (κ3) is 10.1. The number of piperidine rings is 1. The lowest BCUT2D eigenvalue weighted by Crippen LogP contribution is -2.56. The number of aryl methyl sites for hydroxylation is 1. The summed E-state index contributed by atoms with van der Waals surface area (Å²) in [5.74, 6) is 1.16. The van der Waals surface area contributed by atoms with Gasteiger partial charge in [-0.1, -0.05) is 76.3 Å². The topological polar surface area (TPSA) is 117 Å². The number of amides is 3. The first-order valence-corrected chi connectivity index (χ1v) is 18.0. The normalized spacial score (nSPS) is 19.8. The van der Waals surface area contributed by atoms with Gasteiger partial charge in [0.05, 0.1) is 24.9 Å². The zero-order chi connectivity index (χ0) is 33.2. The summed E-state index contributed by atoms with van der Waals surface area (Å²) in [7, 11) is 2.12. The summed E-state index contributed by atoms with van der Waals surface area (Å²) < 4.78 is 11.8. The van der Waals surface area contributed by atoms with Gasteiger partial charge in [0.25, 0.3) is 0 Å². The summed E-state index contributed by atoms with van der Waals surface area (Å²) in [5.41, 5.74) is 1.77. The third-order valence-electron chi connectivity index (χ3n) is 10.0. The van der Waals surface area contributed by atoms with Crippen LogP contribution in [0.2, 0.25) is 0 Å². The predicted molar refractivity (Wildman–Crippen MR) is 181 cm³/mol. The number of aromatic nitrogens is 1. The number of ketones is 1. The van der Waals surface area contributed by atoms with Crippen LogP contribution < -0.4 is 10.6 Å². The number of carbonyl (C=O) groups is 3. The first-order valence-electron chi connectivity index (χ1n) is 18.0. The van der Waals surface area contributed by atoms with Crippen LogP contribution in [0.25, 0.3) is 0 Å². The maximum absolute atomic E-state index is 14.5. The van der Waals surface area contributed by atoms with Crippen LogP contribution in [-0.2, 0) is 22.4 Å². The molecule has 2 aromatic rings. The molecule has 3 heterocycles. The molecule has 2 aliphatic heterocycles. The molecule has 2 unspecified atom stereocenters. The Hall–Kier alpha value is -3.24. The molecule has 10 nitrogen and oxygen atoms in total. The number of carbonyl (C=O) groups excluding carboxylic acids is 3. The van der Waals surface area contributed by atoms with Gasteiger partial charge in [0.15, 0.2) is 11.7 Å². The lowest BCUT2D eigenvalue weighted by Gasteiger charge is -2.31. The number of Topliss-reactive ketones (excluding diaryl/α,β-unsaturated/α-hetero) is 1. The van der Waals surface area contributed by atoms with E-state index < -0.39 is 12.1 Å². The van der Waals surface area contributed by atoms with Crippen molar-refractivity contribution in [2.24, 2.45) is 11.8 Å². The van der Waals surface area contributed by atoms with Crippen LogP contribution in [0, 0.1) is 11.8 Å². The average Bonchev–Trinajstić information content (AvgIpc) is 3.50. The minimum absolute atomic E-state index is 0.172. The molecule has 0 bridgehead atoms. The Morgan fingerprint density at radius 1 is 0.915 bits per heavy atom. The highest BCUT2D eigenvalue weighted by Gasteiger charge is 2.35. The zero-order valence-electron chi connectivity index (χ0n) is 28.7. The highest BCUT2D eigenvalue weighted by molar-refractivity contribution is 6.01. The van der Waals surface area contributed by atoms with Gasteiger partial charge in [0.2, 0.25) is 11.7 Å². The van der Waals surface area contributed by atoms with Crippen molar-refractivity contribution in [3.05, 3.63) is 53.2 Å². The smallest absolute Gasteiger partial charge is 0.318 e. The number of ether oxygens (including phenoxy) is 1. The van der Waals surface area contributed by atoms with E-state index in [-0.39, 0.29) is 35.3 Å². The van der Waals surface area contributed by atoms with Crippen LogP contribution in [0.5, 0.6) is 0 Å². The van der Waals surface area contributed by atoms with Crippen LogP contribution in [0.15, 0.2) is 34.7 Å². The van der Waals surface area contributed by atoms with E-state index in [1.807, 2.05) is 30.3 Å². The van der Waals surface area contributed by atoms with Crippen molar-refractivity contribution in [3.8, 4) is 0 Å². The van der Waals surface area contributed by atoms with E-state index in [2.05, 4.69) is 36.4 Å². The molecule has 1 aromatic carbocycles. The van der Waals surface area contributed by atoms with Crippen molar-refractivity contribution in [1.82, 2.24) is 25.4 Å². The molecule has 47 heavy (non-hydrogen) atoms. The van der Waals surface area contributed by atoms with Gasteiger partial charge in [0, 0.05) is 19.0 Å². The molecule has 3 amide bonds. The molecule has 1 aliphatic carbocycles. The number of hydrogen-bond donors (Lipinski definition) is 2. The van der Waals surface area contributed by atoms with Crippen LogP contribution in [0.3, 0.4) is 0 Å². The first-order chi connectivity index (χ1) is 22.8. The van der Waals surface area contributed by atoms with Gasteiger partial charge in [-0.3, -0.25) is 9.59 Å². The van der Waals surface area contributed by atoms with E-state index in [1.54, 1.807) is 4.90 Å². The van der Waals surface area contributed by atoms with E-state index in [0.717, 1.165) is 57.2 Å². The summed E-state index contributed by atoms with van der Waals surface area (Å²) in [6, 6.07) is 8.20. The van der Waals surface area contributed by atoms with Crippen molar-refractivity contribution >= 4 is 17.7 Å². The van der Waals surface area contributed by atoms with Crippen molar-refractivity contribution in [2.75, 3.05) is 46.4 Å². The molecule has 2 atom stereocenters. The maximum atomic E-state index is 14.5. The highest BCUT2D eigenvalue weighted by atomic mass is 16.5. The molecular formula is C37H55N5O5. The molecule has 2 saturated heterocycles. The summed E-state index contributed by atoms with van der Waals surface area (Å²) >= 11 is 0. The van der Waals surface area contributed by atoms with Gasteiger partial charge in [-0.25, -0.2) is 9.78 Å². The lowest BCUT2D eigenvalue weighted by molar-refractivity contribution is -0.124. The fourth-order valence-corrected chi connectivity index (χ4v) is 7.17. The molecule has 3 aliphatic rings. The quantitative estimate of drug-likeness (QED) is 0.281. The molecule has 258 valence electrons. The highest BCUT2D eigenvalue weighted by Crippen LogP contribution is 2.31. The number of hydrogen-bond acceptors (Lipinski definition) is 7. The number of rotatable bonds is 13. The van der Waals surface area contributed by atoms with Crippen LogP contribution in [-0.4, -0.2) is 91.0 Å². The molecule has 0 radical (unpaired) electrons. The summed E-state index contributed by atoms with van der Waals surface area (Å²) in [6.07, 6.45) is 9.65. The average molecular weight is 650 g/mol. The van der Waals surface area contributed by atoms with E-state index in [4.69, 9.17) is 14.1 Å². The van der Waals surface area contributed by atoms with Gasteiger partial charge in [-0.2, -0.15) is 0 Å². The SMILES string of the molecule is CC(C)Cc1nc(C2CCN(C)CC2)oc1C(=O)C(CCc1ccccc1)NC(=O)C(CC1CCCCC1)NC(=O)N1CCOCC1. The van der Waals surface area contributed by atoms with E-state index >= 15 is 0 Å². The molecule has 1 saturated carbocycles. The van der Waals surface area contributed by atoms with Crippen molar-refractivity contribution in [3.63, 3.8) is 0 Å². The van der Waals surface area contributed by atoms with Crippen LogP contribution in [0.4, 0.5) is 4.79 Å². The van der Waals surface area contributed by atoms with Crippen LogP contribution >= 0.6 is 0 Å². The van der Waals surface area contributed by atoms with E-state index in [1.165, 1.54) is 6.42 Å². The van der Waals surface area contributed by atoms with Crippen LogP contribution in [0.1, 0.15) is 105 Å². The molecule has 0 spiro atoms. The fraction of sp³-hybridized carbons (Fsp3) is 0.676. The largest absolute Gasteiger partial charge is 0.437 e. The lowest BCUT2D eigenvalue weighted by atomic mass is 9.84. The summed E-state index contributed by atoms with van der Waals surface area (Å²) in [5, 5.41) is 6.17. The minimum atomic E-state index is -0.818. The Morgan fingerprint density at radius 3 is 2.30 bits per heavy atom. The summed E-state index contributed by atoms with van der Waals surface area (Å²) in [4.78, 5) is 50.9. The Balaban J connectivity index is 1.39. The van der Waals surface area contributed by atoms with Crippen molar-refractivity contribution in [2.45, 2.75) is 102 Å². The number of nitrogens with one attached hydrogen (secondary N) is 2. The van der Waals surface area contributed by atoms with Crippen molar-refractivity contribution in [1.29, 1.82) is 0 Å². The molecule has 1 aromatic heterocycles. The Bertz CT molecular complexity index is 1290. The van der Waals surface area contributed by atoms with E-state index in [0.29, 0.717) is 69.5 Å². The predicted octanol–water partition coefficient (Wildman–Crippen LogP) is 5.36. The monoisotopic (exact) mass is 649 g/mol. The van der Waals surface area contributed by atoms with E-state index in [9.17, 15) is 14.4 Å². The zero-order valence-corrected chi connectivity index (χ0v) is 28.7. The second-order valence-corrected chi connectivity index (χ2v) is 14.3. The Morgan fingerprint density at radius 2 is 1.62 bits per heavy atom. The number of nitrogens with zero attached hydrogens (tertiary/aromatic N) is 3. The molecule has 10 heteroatoms. The summed E-state index contributed by atoms with van der Waals surface area (Å²) in [6.45, 7) is 8.10. The first kappa shape index (κ1) is 35.1. The number of oxazole rings is 1. The number of likely N-dealkylation sites (tertiary alicyclic amines) is 1. The fourth-order valence-electron chi connectivity index (χ4n) is 7.17. The standard InChI is InChI=1S/C37H55N5O5/c1-26(2)24-31-34(47-36(39-31)29-16-18-41(3)19-17-29)33(43)30(15-14-27-10-6-4-7-11-27)38-35(44)32(25-28-12-8-5-9-13-28)40-37(45)42-20-22-46-23-21-42/h4,6-7,10-11,26,28-30,32H,5,8-9,12-25H2,1-3H3,(H,38,44)(H,40,45). The minimum Gasteiger partial charge on any atom is -0.437 e. The van der Waals surface area contributed by atoms with Gasteiger partial charge >= 0.3 is 6.03 Å². The number of morpholine rings is 1. The third-order valence-corrected chi connectivity index (χ3v) is 10.0. The van der Waals surface area contributed by atoms with Gasteiger partial charge in [-0.15, -0.1) is 0 Å². The van der Waals surface area contributed by atoms with Crippen molar-refractivity contribution < 1.29 is 23.5 Å². The van der Waals surface area contributed by atoms with Gasteiger partial charge < -0.3 is 29.6 Å². The number of urea groups is 1. The maximum Gasteiger partial charge on any atom is 0.318 e. The Kier molecular flexibility index (Phi) is 12.9. The molecule has 5 rings (SSSR count). The number of benzene rings is 1. The van der Waals surface area contributed by atoms with Gasteiger partial charge in [0.1, 0.15) is 6.04 Å².